The van der Waals surface area contributed by atoms with Gasteiger partial charge in [-0.3, -0.25) is 9.40 Å². The minimum atomic E-state index is -4.72. The maximum absolute atomic E-state index is 12.5. The lowest BCUT2D eigenvalue weighted by atomic mass is 10.3. The number of anilines is 1. The number of hydrogen-bond acceptors (Lipinski definition) is 5. The van der Waals surface area contributed by atoms with Gasteiger partial charge in [0, 0.05) is 12.7 Å². The van der Waals surface area contributed by atoms with Gasteiger partial charge in [-0.05, 0) is 38.1 Å². The van der Waals surface area contributed by atoms with E-state index in [-0.39, 0.29) is 10.6 Å². The molecule has 0 spiro atoms. The first-order valence-electron chi connectivity index (χ1n) is 6.62. The third kappa shape index (κ3) is 3.26. The van der Waals surface area contributed by atoms with Gasteiger partial charge in [0.15, 0.2) is 0 Å². The minimum absolute atomic E-state index is 0.00859. The molecule has 0 aliphatic rings. The van der Waals surface area contributed by atoms with Crippen molar-refractivity contribution in [3.05, 3.63) is 35.7 Å². The van der Waals surface area contributed by atoms with Gasteiger partial charge in [0.25, 0.3) is 10.0 Å². The summed E-state index contributed by atoms with van der Waals surface area (Å²) in [5.41, 5.74) is 0.780. The van der Waals surface area contributed by atoms with Crippen LogP contribution in [0.15, 0.2) is 34.1 Å². The van der Waals surface area contributed by atoms with E-state index in [1.54, 1.807) is 20.9 Å². The van der Waals surface area contributed by atoms with Gasteiger partial charge < -0.3 is 0 Å². The van der Waals surface area contributed by atoms with Crippen molar-refractivity contribution in [2.24, 2.45) is 7.05 Å². The number of rotatable bonds is 5. The van der Waals surface area contributed by atoms with E-state index >= 15 is 0 Å². The van der Waals surface area contributed by atoms with Crippen molar-refractivity contribution >= 4 is 25.5 Å². The Labute approximate surface area is 138 Å². The van der Waals surface area contributed by atoms with Crippen LogP contribution in [0.2, 0.25) is 0 Å². The predicted molar refractivity (Wildman–Crippen MR) is 83.1 cm³/mol. The van der Waals surface area contributed by atoms with Gasteiger partial charge in [-0.1, -0.05) is 0 Å². The van der Waals surface area contributed by atoms with Crippen molar-refractivity contribution in [2.45, 2.75) is 29.4 Å². The van der Waals surface area contributed by atoms with Crippen LogP contribution in [-0.4, -0.2) is 32.4 Å². The summed E-state index contributed by atoms with van der Waals surface area (Å²) in [5, 5.41) is 4.02. The molecule has 0 amide bonds. The third-order valence-electron chi connectivity index (χ3n) is 3.38. The lowest BCUT2D eigenvalue weighted by Crippen LogP contribution is -2.15. The molecule has 11 heteroatoms. The molecule has 1 heterocycles. The number of sulfone groups is 1. The highest BCUT2D eigenvalue weighted by molar-refractivity contribution is 7.93. The molecular weight excluding hydrogens is 364 g/mol. The molecule has 0 fully saturated rings. The zero-order valence-electron chi connectivity index (χ0n) is 13.0. The first-order chi connectivity index (χ1) is 11.0. The van der Waals surface area contributed by atoms with E-state index in [4.69, 9.17) is 0 Å². The predicted octanol–water partition coefficient (Wildman–Crippen LogP) is 1.83. The van der Waals surface area contributed by atoms with E-state index in [0.29, 0.717) is 11.4 Å². The summed E-state index contributed by atoms with van der Waals surface area (Å²) in [4.78, 5) is -0.580. The molecule has 0 saturated carbocycles. The molecule has 132 valence electrons. The molecule has 0 aliphatic carbocycles. The summed E-state index contributed by atoms with van der Waals surface area (Å²) >= 11 is 0. The first-order valence-corrected chi connectivity index (χ1v) is 9.65. The summed E-state index contributed by atoms with van der Waals surface area (Å²) in [5.74, 6) is -3.54. The number of aryl methyl sites for hydroxylation is 2. The standard InChI is InChI=1S/C13H15F2N3O4S2/c1-8-12(9(2)18(3)16-8)24(21,22)17-10-4-6-11(7-5-10)23(19,20)13(14)15/h4-7,13,17H,1-3H3. The van der Waals surface area contributed by atoms with Gasteiger partial charge >= 0.3 is 5.76 Å². The minimum Gasteiger partial charge on any atom is -0.280 e. The maximum atomic E-state index is 12.5. The topological polar surface area (TPSA) is 98.1 Å². The maximum Gasteiger partial charge on any atom is 0.341 e. The Balaban J connectivity index is 2.35. The van der Waals surface area contributed by atoms with E-state index in [2.05, 4.69) is 9.82 Å². The number of halogens is 2. The van der Waals surface area contributed by atoms with Crippen LogP contribution in [0.4, 0.5) is 14.5 Å². The number of aromatic nitrogens is 2. The molecule has 2 aromatic rings. The van der Waals surface area contributed by atoms with Crippen molar-refractivity contribution in [1.82, 2.24) is 9.78 Å². The molecule has 1 aromatic heterocycles. The molecule has 0 aliphatic heterocycles. The van der Waals surface area contributed by atoms with Crippen molar-refractivity contribution < 1.29 is 25.6 Å². The van der Waals surface area contributed by atoms with E-state index in [1.165, 1.54) is 4.68 Å². The fourth-order valence-electron chi connectivity index (χ4n) is 2.16. The highest BCUT2D eigenvalue weighted by Crippen LogP contribution is 2.24. The second-order valence-corrected chi connectivity index (χ2v) is 8.60. The summed E-state index contributed by atoms with van der Waals surface area (Å²) in [6, 6.07) is 4.05. The van der Waals surface area contributed by atoms with Gasteiger partial charge in [0.1, 0.15) is 4.90 Å². The Morgan fingerprint density at radius 3 is 2.04 bits per heavy atom. The SMILES string of the molecule is Cc1nn(C)c(C)c1S(=O)(=O)Nc1ccc(S(=O)(=O)C(F)F)cc1. The van der Waals surface area contributed by atoms with Gasteiger partial charge in [-0.2, -0.15) is 13.9 Å². The molecule has 1 aromatic carbocycles. The van der Waals surface area contributed by atoms with Crippen molar-refractivity contribution in [2.75, 3.05) is 4.72 Å². The summed E-state index contributed by atoms with van der Waals surface area (Å²) in [7, 11) is -7.07. The largest absolute Gasteiger partial charge is 0.341 e. The van der Waals surface area contributed by atoms with Crippen molar-refractivity contribution in [1.29, 1.82) is 0 Å². The molecule has 24 heavy (non-hydrogen) atoms. The highest BCUT2D eigenvalue weighted by atomic mass is 32.2. The Kier molecular flexibility index (Phi) is 4.68. The van der Waals surface area contributed by atoms with Gasteiger partial charge in [-0.15, -0.1) is 0 Å². The average Bonchev–Trinajstić information content (AvgIpc) is 2.72. The normalized spacial score (nSPS) is 12.6. The van der Waals surface area contributed by atoms with Gasteiger partial charge in [0.05, 0.1) is 16.3 Å². The second-order valence-electron chi connectivity index (χ2n) is 5.06. The Morgan fingerprint density at radius 2 is 1.62 bits per heavy atom. The van der Waals surface area contributed by atoms with E-state index in [0.717, 1.165) is 24.3 Å². The molecule has 0 radical (unpaired) electrons. The number of hydrogen-bond donors (Lipinski definition) is 1. The number of alkyl halides is 2. The molecule has 7 nitrogen and oxygen atoms in total. The number of nitrogens with zero attached hydrogens (tertiary/aromatic N) is 2. The zero-order chi connectivity index (χ0) is 18.3. The monoisotopic (exact) mass is 379 g/mol. The van der Waals surface area contributed by atoms with Crippen molar-refractivity contribution in [3.63, 3.8) is 0 Å². The Morgan fingerprint density at radius 1 is 1.08 bits per heavy atom. The molecule has 1 N–H and O–H groups in total. The lowest BCUT2D eigenvalue weighted by molar-refractivity contribution is 0.234. The van der Waals surface area contributed by atoms with Gasteiger partial charge in [-0.25, -0.2) is 16.8 Å². The Bertz CT molecular complexity index is 965. The molecule has 0 unspecified atom stereocenters. The molecule has 0 atom stereocenters. The highest BCUT2D eigenvalue weighted by Gasteiger charge is 2.27. The van der Waals surface area contributed by atoms with Crippen molar-refractivity contribution in [3.8, 4) is 0 Å². The number of sulfonamides is 1. The van der Waals surface area contributed by atoms with Crippen LogP contribution in [0.25, 0.3) is 0 Å². The van der Waals surface area contributed by atoms with Crippen LogP contribution in [0.1, 0.15) is 11.4 Å². The quantitative estimate of drug-likeness (QED) is 0.855. The van der Waals surface area contributed by atoms with Crippen LogP contribution >= 0.6 is 0 Å². The fraction of sp³-hybridized carbons (Fsp3) is 0.308. The Hall–Kier alpha value is -2.01. The van der Waals surface area contributed by atoms with E-state index in [1.807, 2.05) is 0 Å². The summed E-state index contributed by atoms with van der Waals surface area (Å²) < 4.78 is 76.2. The van der Waals surface area contributed by atoms with E-state index in [9.17, 15) is 25.6 Å². The lowest BCUT2D eigenvalue weighted by Gasteiger charge is -2.09. The van der Waals surface area contributed by atoms with Gasteiger partial charge in [0.2, 0.25) is 9.84 Å². The smallest absolute Gasteiger partial charge is 0.280 e. The average molecular weight is 379 g/mol. The number of benzene rings is 1. The molecule has 0 saturated heterocycles. The zero-order valence-corrected chi connectivity index (χ0v) is 14.6. The number of nitrogens with one attached hydrogen (secondary N) is 1. The summed E-state index contributed by atoms with van der Waals surface area (Å²) in [6.45, 7) is 3.13. The van der Waals surface area contributed by atoms with Crippen LogP contribution in [-0.2, 0) is 26.9 Å². The first kappa shape index (κ1) is 18.3. The molecule has 0 bridgehead atoms. The fourth-order valence-corrected chi connectivity index (χ4v) is 4.39. The third-order valence-corrected chi connectivity index (χ3v) is 6.41. The van der Waals surface area contributed by atoms with Crippen LogP contribution < -0.4 is 4.72 Å². The van der Waals surface area contributed by atoms with Crippen LogP contribution in [0, 0.1) is 13.8 Å². The molecule has 2 rings (SSSR count). The van der Waals surface area contributed by atoms with E-state index < -0.39 is 30.5 Å². The summed E-state index contributed by atoms with van der Waals surface area (Å²) in [6.07, 6.45) is 0. The second kappa shape index (κ2) is 6.13. The van der Waals surface area contributed by atoms with Crippen LogP contribution in [0.3, 0.4) is 0 Å². The molecular formula is C13H15F2N3O4S2. The van der Waals surface area contributed by atoms with Crippen LogP contribution in [0.5, 0.6) is 0 Å².